The minimum absolute atomic E-state index is 0.0300. The summed E-state index contributed by atoms with van der Waals surface area (Å²) in [6, 6.07) is 27.6. The fraction of sp³-hybridized carbons (Fsp3) is 0.347. The van der Waals surface area contributed by atoms with Crippen LogP contribution in [-0.4, -0.2) is 29.0 Å². The number of nitrogens with zero attached hydrogens (tertiary/aromatic N) is 8. The Morgan fingerprint density at radius 1 is 0.456 bits per heavy atom. The Labute approximate surface area is 333 Å². The van der Waals surface area contributed by atoms with Crippen molar-refractivity contribution in [1.82, 2.24) is 29.0 Å². The fourth-order valence-corrected chi connectivity index (χ4v) is 9.31. The van der Waals surface area contributed by atoms with Gasteiger partial charge in [0.1, 0.15) is 0 Å². The zero-order valence-corrected chi connectivity index (χ0v) is 34.8. The molecule has 4 aliphatic rings. The van der Waals surface area contributed by atoms with E-state index in [-0.39, 0.29) is 16.2 Å². The maximum atomic E-state index is 5.85. The molecule has 284 valence electrons. The first-order valence-corrected chi connectivity index (χ1v) is 20.7. The van der Waals surface area contributed by atoms with Gasteiger partial charge in [0.25, 0.3) is 23.3 Å². The van der Waals surface area contributed by atoms with Crippen molar-refractivity contribution in [3.8, 4) is 45.6 Å². The van der Waals surface area contributed by atoms with Gasteiger partial charge in [0.2, 0.25) is 22.6 Å². The second-order valence-corrected chi connectivity index (χ2v) is 19.6. The Bertz CT molecular complexity index is 3170. The van der Waals surface area contributed by atoms with Crippen LogP contribution in [0.3, 0.4) is 0 Å². The molecule has 0 saturated carbocycles. The van der Waals surface area contributed by atoms with Gasteiger partial charge in [-0.3, -0.25) is 0 Å². The monoisotopic (exact) mass is 750 g/mol. The molecule has 12 rings (SSSR count). The smallest absolute Gasteiger partial charge is 0.226 e. The first-order chi connectivity index (χ1) is 27.1. The van der Waals surface area contributed by atoms with E-state index in [2.05, 4.69) is 160 Å². The molecule has 57 heavy (non-hydrogen) atoms. The van der Waals surface area contributed by atoms with Crippen LogP contribution in [0.4, 0.5) is 0 Å². The lowest BCUT2D eigenvalue weighted by Crippen LogP contribution is -2.42. The number of benzene rings is 4. The molecule has 0 spiro atoms. The number of aryl methyl sites for hydroxylation is 1. The van der Waals surface area contributed by atoms with Crippen LogP contribution in [0.15, 0.2) is 72.8 Å². The zero-order valence-electron chi connectivity index (χ0n) is 34.8. The van der Waals surface area contributed by atoms with Gasteiger partial charge in [-0.2, -0.15) is 9.03 Å². The van der Waals surface area contributed by atoms with Crippen molar-refractivity contribution in [2.24, 2.45) is 0 Å². The average molecular weight is 751 g/mol. The Hall–Kier alpha value is -5.76. The highest BCUT2D eigenvalue weighted by Crippen LogP contribution is 2.42. The van der Waals surface area contributed by atoms with E-state index in [4.69, 9.17) is 19.9 Å². The molecule has 8 nitrogen and oxygen atoms in total. The molecule has 0 fully saturated rings. The summed E-state index contributed by atoms with van der Waals surface area (Å²) in [6.07, 6.45) is 1.77. The maximum Gasteiger partial charge on any atom is 0.273 e. The summed E-state index contributed by atoms with van der Waals surface area (Å²) in [5, 5.41) is 4.26. The molecule has 0 radical (unpaired) electrons. The van der Waals surface area contributed by atoms with Gasteiger partial charge in [-0.15, -0.1) is 0 Å². The Morgan fingerprint density at radius 3 is 1.30 bits per heavy atom. The molecule has 8 heteroatoms. The van der Waals surface area contributed by atoms with Crippen LogP contribution in [-0.2, 0) is 35.8 Å². The highest BCUT2D eigenvalue weighted by atomic mass is 15.4. The van der Waals surface area contributed by atoms with Crippen molar-refractivity contribution in [2.75, 3.05) is 0 Å². The third-order valence-electron chi connectivity index (χ3n) is 12.7. The third kappa shape index (κ3) is 4.79. The maximum absolute atomic E-state index is 5.85. The zero-order chi connectivity index (χ0) is 39.5. The number of rotatable bonds is 1. The molecule has 8 heterocycles. The summed E-state index contributed by atoms with van der Waals surface area (Å²) in [6.45, 7) is 24.3. The molecule has 0 atom stereocenters. The Balaban J connectivity index is 1.47. The second kappa shape index (κ2) is 11.2. The molecule has 0 unspecified atom stereocenters. The van der Waals surface area contributed by atoms with E-state index in [1.165, 1.54) is 22.3 Å². The van der Waals surface area contributed by atoms with Gasteiger partial charge in [0, 0.05) is 28.0 Å². The highest BCUT2D eigenvalue weighted by Gasteiger charge is 2.39. The van der Waals surface area contributed by atoms with E-state index in [0.717, 1.165) is 116 Å². The second-order valence-electron chi connectivity index (χ2n) is 19.6. The largest absolute Gasteiger partial charge is 0.273 e. The first-order valence-electron chi connectivity index (χ1n) is 20.7. The molecule has 0 aliphatic carbocycles. The summed E-state index contributed by atoms with van der Waals surface area (Å²) in [7, 11) is 0. The molecular weight excluding hydrogens is 701 g/mol. The number of hydrogen-bond donors (Lipinski definition) is 0. The van der Waals surface area contributed by atoms with E-state index < -0.39 is 0 Å². The van der Waals surface area contributed by atoms with Gasteiger partial charge in [-0.05, 0) is 93.5 Å². The number of aromatic nitrogens is 8. The SMILES string of the molecule is CCc1ccc2c(c1)c1nc3[n+]4c(nc5c6ccc(C(C)(C)C)cc6c6nc7[n+](c(nc2n1n56)-c1cc(C(C)(C)C)ccc1-7)CCC4)-c1cc(C(C)(C)C)ccc1-3. The fourth-order valence-electron chi connectivity index (χ4n) is 9.31. The molecule has 0 saturated heterocycles. The summed E-state index contributed by atoms with van der Waals surface area (Å²) in [5.41, 5.74) is 12.8. The third-order valence-corrected chi connectivity index (χ3v) is 12.7. The van der Waals surface area contributed by atoms with Crippen LogP contribution in [0, 0.1) is 0 Å². The van der Waals surface area contributed by atoms with Crippen LogP contribution < -0.4 is 9.13 Å². The highest BCUT2D eigenvalue weighted by molar-refractivity contribution is 6.09. The molecule has 12 bridgehead atoms. The van der Waals surface area contributed by atoms with Crippen molar-refractivity contribution >= 4 is 44.1 Å². The Morgan fingerprint density at radius 2 is 0.842 bits per heavy atom. The molecule has 4 aliphatic heterocycles. The molecule has 8 aromatic rings. The van der Waals surface area contributed by atoms with Crippen LogP contribution >= 0.6 is 0 Å². The van der Waals surface area contributed by atoms with Crippen LogP contribution in [0.5, 0.6) is 0 Å². The van der Waals surface area contributed by atoms with E-state index in [0.29, 0.717) is 0 Å². The van der Waals surface area contributed by atoms with Gasteiger partial charge in [-0.1, -0.05) is 113 Å². The quantitative estimate of drug-likeness (QED) is 0.157. The van der Waals surface area contributed by atoms with Gasteiger partial charge in [0.15, 0.2) is 0 Å². The lowest BCUT2D eigenvalue weighted by Gasteiger charge is -2.19. The summed E-state index contributed by atoms with van der Waals surface area (Å²) in [5.74, 6) is 3.76. The topological polar surface area (TPSA) is 68.1 Å². The minimum Gasteiger partial charge on any atom is -0.226 e. The first kappa shape index (κ1) is 34.5. The van der Waals surface area contributed by atoms with Crippen molar-refractivity contribution in [2.45, 2.75) is 111 Å². The number of hydrogen-bond acceptors (Lipinski definition) is 4. The average Bonchev–Trinajstić information content (AvgIpc) is 3.84. The van der Waals surface area contributed by atoms with E-state index in [9.17, 15) is 0 Å². The van der Waals surface area contributed by atoms with Crippen molar-refractivity contribution in [1.29, 1.82) is 0 Å². The van der Waals surface area contributed by atoms with Crippen LogP contribution in [0.25, 0.3) is 89.7 Å². The van der Waals surface area contributed by atoms with E-state index in [1.807, 2.05) is 0 Å². The summed E-state index contributed by atoms with van der Waals surface area (Å²) >= 11 is 0. The van der Waals surface area contributed by atoms with Gasteiger partial charge < -0.3 is 0 Å². The van der Waals surface area contributed by atoms with Gasteiger partial charge in [-0.25, -0.2) is 9.13 Å². The van der Waals surface area contributed by atoms with Crippen molar-refractivity contribution < 1.29 is 9.13 Å². The molecule has 0 amide bonds. The normalized spacial score (nSPS) is 14.4. The molecule has 4 aromatic heterocycles. The molecular formula is C49H50N8+2. The minimum atomic E-state index is -0.0700. The van der Waals surface area contributed by atoms with Crippen LogP contribution in [0.1, 0.15) is 97.9 Å². The van der Waals surface area contributed by atoms with E-state index >= 15 is 0 Å². The van der Waals surface area contributed by atoms with Crippen LogP contribution in [0.2, 0.25) is 0 Å². The van der Waals surface area contributed by atoms with Gasteiger partial charge in [0.05, 0.1) is 35.3 Å². The number of fused-ring (bicyclic) bond motifs is 6. The summed E-state index contributed by atoms with van der Waals surface area (Å²) in [4.78, 5) is 23.3. The predicted molar refractivity (Wildman–Crippen MR) is 229 cm³/mol. The van der Waals surface area contributed by atoms with E-state index in [1.54, 1.807) is 0 Å². The van der Waals surface area contributed by atoms with Gasteiger partial charge >= 0.3 is 0 Å². The predicted octanol–water partition coefficient (Wildman–Crippen LogP) is 10.1. The lowest BCUT2D eigenvalue weighted by molar-refractivity contribution is -0.707. The molecule has 4 aromatic carbocycles. The van der Waals surface area contributed by atoms with Crippen molar-refractivity contribution in [3.05, 3.63) is 95.1 Å². The Kier molecular flexibility index (Phi) is 6.78. The summed E-state index contributed by atoms with van der Waals surface area (Å²) < 4.78 is 9.30. The van der Waals surface area contributed by atoms with Crippen molar-refractivity contribution in [3.63, 3.8) is 0 Å². The standard InChI is InChI=1S/C49H50N8/c1-11-27-13-17-33-35(23-27)45-50-39-31-18-14-28(47(2,3)4)24-36(31)42-53-44-34-20-16-30(49(8,9)10)26-38(34)46-51-40-32-19-15-29(48(5,6)7)25-37(32)41(52-43(33)56(45)57(44)46)55(40)22-12-21-54(39)42/h13-20,23-26H,11-12,21-22H2,1-10H3/q+2. The lowest BCUT2D eigenvalue weighted by atomic mass is 9.85. The molecule has 0 N–H and O–H groups in total.